The Bertz CT molecular complexity index is 764. The van der Waals surface area contributed by atoms with Crippen molar-refractivity contribution >= 4 is 5.69 Å². The van der Waals surface area contributed by atoms with Gasteiger partial charge in [0.05, 0.1) is 5.54 Å². The molecule has 0 aliphatic carbocycles. The van der Waals surface area contributed by atoms with Crippen molar-refractivity contribution in [1.82, 2.24) is 4.90 Å². The van der Waals surface area contributed by atoms with Gasteiger partial charge in [-0.25, -0.2) is 0 Å². The van der Waals surface area contributed by atoms with Crippen LogP contribution in [0, 0.1) is 0 Å². The number of nitrogens with zero attached hydrogens (tertiary/aromatic N) is 1. The van der Waals surface area contributed by atoms with Crippen molar-refractivity contribution in [2.45, 2.75) is 31.7 Å². The Kier molecular flexibility index (Phi) is 4.34. The molecule has 3 nitrogen and oxygen atoms in total. The first-order valence-electron chi connectivity index (χ1n) is 8.38. The molecule has 124 valence electrons. The fourth-order valence-corrected chi connectivity index (χ4v) is 3.81. The standard InChI is InChI=1S/C21H25N3/c1-3-24-18(15-22)10-7-13-21(24,2)20-12-11-17(23)14-19(20)16-8-5-4-6-9-16/h3-6,8-9,11-12,14-15H,1,7,10,13,22-23H2,2H3/b18-15-. The van der Waals surface area contributed by atoms with Crippen LogP contribution in [0.4, 0.5) is 5.69 Å². The molecule has 3 heteroatoms. The summed E-state index contributed by atoms with van der Waals surface area (Å²) in [5.74, 6) is 0. The Morgan fingerprint density at radius 3 is 2.58 bits per heavy atom. The van der Waals surface area contributed by atoms with Gasteiger partial charge in [0.25, 0.3) is 0 Å². The van der Waals surface area contributed by atoms with Gasteiger partial charge in [-0.05, 0) is 61.2 Å². The van der Waals surface area contributed by atoms with Gasteiger partial charge in [-0.15, -0.1) is 0 Å². The summed E-state index contributed by atoms with van der Waals surface area (Å²) in [6, 6.07) is 16.6. The van der Waals surface area contributed by atoms with E-state index >= 15 is 0 Å². The summed E-state index contributed by atoms with van der Waals surface area (Å²) < 4.78 is 0. The number of hydrogen-bond acceptors (Lipinski definition) is 3. The largest absolute Gasteiger partial charge is 0.403 e. The van der Waals surface area contributed by atoms with E-state index in [-0.39, 0.29) is 5.54 Å². The molecule has 1 saturated heterocycles. The van der Waals surface area contributed by atoms with E-state index in [1.54, 1.807) is 6.20 Å². The van der Waals surface area contributed by atoms with Crippen LogP contribution in [0.3, 0.4) is 0 Å². The predicted molar refractivity (Wildman–Crippen MR) is 102 cm³/mol. The van der Waals surface area contributed by atoms with Crippen LogP contribution in [-0.2, 0) is 5.54 Å². The molecule has 1 aliphatic rings. The second-order valence-electron chi connectivity index (χ2n) is 6.51. The third-order valence-corrected chi connectivity index (χ3v) is 5.02. The third-order valence-electron chi connectivity index (χ3n) is 5.02. The number of likely N-dealkylation sites (tertiary alicyclic amines) is 1. The van der Waals surface area contributed by atoms with Crippen molar-refractivity contribution in [2.24, 2.45) is 5.73 Å². The van der Waals surface area contributed by atoms with Crippen LogP contribution in [0.25, 0.3) is 11.1 Å². The summed E-state index contributed by atoms with van der Waals surface area (Å²) in [7, 11) is 0. The summed E-state index contributed by atoms with van der Waals surface area (Å²) in [4.78, 5) is 2.22. The predicted octanol–water partition coefficient (Wildman–Crippen LogP) is 4.58. The van der Waals surface area contributed by atoms with Crippen molar-refractivity contribution in [2.75, 3.05) is 5.73 Å². The fourth-order valence-electron chi connectivity index (χ4n) is 3.81. The average molecular weight is 319 g/mol. The molecule has 1 aliphatic heterocycles. The molecule has 3 rings (SSSR count). The maximum absolute atomic E-state index is 6.09. The van der Waals surface area contributed by atoms with E-state index in [2.05, 4.69) is 54.8 Å². The third kappa shape index (κ3) is 2.67. The highest BCUT2D eigenvalue weighted by Gasteiger charge is 2.38. The summed E-state index contributed by atoms with van der Waals surface area (Å²) in [5.41, 5.74) is 17.3. The zero-order valence-electron chi connectivity index (χ0n) is 14.2. The van der Waals surface area contributed by atoms with Gasteiger partial charge in [0.1, 0.15) is 0 Å². The number of nitrogens with two attached hydrogens (primary N) is 2. The molecule has 0 bridgehead atoms. The normalized spacial score (nSPS) is 22.5. The monoisotopic (exact) mass is 319 g/mol. The van der Waals surface area contributed by atoms with Gasteiger partial charge < -0.3 is 16.4 Å². The molecular weight excluding hydrogens is 294 g/mol. The van der Waals surface area contributed by atoms with Gasteiger partial charge in [0, 0.05) is 17.6 Å². The van der Waals surface area contributed by atoms with Crippen molar-refractivity contribution in [3.8, 4) is 11.1 Å². The van der Waals surface area contributed by atoms with Crippen LogP contribution in [0.15, 0.2) is 73.2 Å². The zero-order valence-corrected chi connectivity index (χ0v) is 14.2. The highest BCUT2D eigenvalue weighted by molar-refractivity contribution is 5.72. The molecule has 1 unspecified atom stereocenters. The quantitative estimate of drug-likeness (QED) is 0.814. The Morgan fingerprint density at radius 2 is 1.92 bits per heavy atom. The topological polar surface area (TPSA) is 55.3 Å². The minimum absolute atomic E-state index is 0.190. The van der Waals surface area contributed by atoms with E-state index in [1.165, 1.54) is 16.7 Å². The molecule has 1 heterocycles. The molecule has 0 radical (unpaired) electrons. The second kappa shape index (κ2) is 6.44. The lowest BCUT2D eigenvalue weighted by atomic mass is 9.78. The molecule has 24 heavy (non-hydrogen) atoms. The molecule has 4 N–H and O–H groups in total. The molecule has 2 aromatic carbocycles. The first-order valence-corrected chi connectivity index (χ1v) is 8.38. The highest BCUT2D eigenvalue weighted by atomic mass is 15.2. The first kappa shape index (κ1) is 16.2. The molecule has 1 atom stereocenters. The molecule has 2 aromatic rings. The van der Waals surface area contributed by atoms with Gasteiger partial charge in [-0.2, -0.15) is 0 Å². The van der Waals surface area contributed by atoms with Gasteiger partial charge in [0.2, 0.25) is 0 Å². The molecule has 1 fully saturated rings. The van der Waals surface area contributed by atoms with Crippen LogP contribution < -0.4 is 11.5 Å². The van der Waals surface area contributed by atoms with Gasteiger partial charge >= 0.3 is 0 Å². The average Bonchev–Trinajstić information content (AvgIpc) is 2.61. The highest BCUT2D eigenvalue weighted by Crippen LogP contribution is 2.45. The zero-order chi connectivity index (χ0) is 17.2. The maximum Gasteiger partial charge on any atom is 0.0672 e. The Morgan fingerprint density at radius 1 is 1.17 bits per heavy atom. The lowest BCUT2D eigenvalue weighted by molar-refractivity contribution is 0.156. The lowest BCUT2D eigenvalue weighted by Crippen LogP contribution is -2.43. The summed E-state index contributed by atoms with van der Waals surface area (Å²) in [6.07, 6.45) is 6.72. The van der Waals surface area contributed by atoms with Crippen molar-refractivity contribution < 1.29 is 0 Å². The number of anilines is 1. The maximum atomic E-state index is 6.09. The fraction of sp³-hybridized carbons (Fsp3) is 0.238. The summed E-state index contributed by atoms with van der Waals surface area (Å²) in [5, 5.41) is 0. The van der Waals surface area contributed by atoms with E-state index in [0.717, 1.165) is 30.6 Å². The minimum Gasteiger partial charge on any atom is -0.403 e. The summed E-state index contributed by atoms with van der Waals surface area (Å²) >= 11 is 0. The molecule has 0 spiro atoms. The number of benzene rings is 2. The first-order chi connectivity index (χ1) is 11.6. The SMILES string of the molecule is C=CN1/C(=C\N)CCCC1(C)c1ccc(N)cc1-c1ccccc1. The van der Waals surface area contributed by atoms with Crippen molar-refractivity contribution in [1.29, 1.82) is 0 Å². The van der Waals surface area contributed by atoms with Gasteiger partial charge in [-0.3, -0.25) is 0 Å². The number of piperidine rings is 1. The van der Waals surface area contributed by atoms with E-state index in [9.17, 15) is 0 Å². The Balaban J connectivity index is 2.20. The number of rotatable bonds is 3. The van der Waals surface area contributed by atoms with Crippen LogP contribution in [0.1, 0.15) is 31.7 Å². The number of nitrogen functional groups attached to an aromatic ring is 1. The number of hydrogen-bond donors (Lipinski definition) is 2. The van der Waals surface area contributed by atoms with Crippen molar-refractivity contribution in [3.05, 3.63) is 78.8 Å². The molecule has 0 aromatic heterocycles. The van der Waals surface area contributed by atoms with Crippen LogP contribution in [0.5, 0.6) is 0 Å². The molecule has 0 saturated carbocycles. The van der Waals surface area contributed by atoms with Crippen LogP contribution in [-0.4, -0.2) is 4.90 Å². The van der Waals surface area contributed by atoms with Gasteiger partial charge in [0.15, 0.2) is 0 Å². The Hall–Kier alpha value is -2.68. The molecule has 0 amide bonds. The summed E-state index contributed by atoms with van der Waals surface area (Å²) in [6.45, 7) is 6.29. The smallest absolute Gasteiger partial charge is 0.0672 e. The van der Waals surface area contributed by atoms with Gasteiger partial charge in [-0.1, -0.05) is 43.0 Å². The van der Waals surface area contributed by atoms with E-state index in [1.807, 2.05) is 18.3 Å². The van der Waals surface area contributed by atoms with Crippen molar-refractivity contribution in [3.63, 3.8) is 0 Å². The minimum atomic E-state index is -0.190. The Labute approximate surface area is 144 Å². The van der Waals surface area contributed by atoms with Crippen LogP contribution in [0.2, 0.25) is 0 Å². The van der Waals surface area contributed by atoms with E-state index in [4.69, 9.17) is 11.5 Å². The van der Waals surface area contributed by atoms with E-state index < -0.39 is 0 Å². The van der Waals surface area contributed by atoms with Crippen LogP contribution >= 0.6 is 0 Å². The lowest BCUT2D eigenvalue weighted by Gasteiger charge is -2.47. The second-order valence-corrected chi connectivity index (χ2v) is 6.51. The molecular formula is C21H25N3. The number of allylic oxidation sites excluding steroid dienone is 1. The van der Waals surface area contributed by atoms with E-state index in [0.29, 0.717) is 0 Å².